The lowest BCUT2D eigenvalue weighted by molar-refractivity contribution is -0.116. The molecule has 0 aromatic heterocycles. The molecule has 3 N–H and O–H groups in total. The molecule has 1 unspecified atom stereocenters. The van der Waals surface area contributed by atoms with Crippen LogP contribution in [0.3, 0.4) is 0 Å². The maximum atomic E-state index is 13.7. The Morgan fingerprint density at radius 3 is 2.19 bits per heavy atom. The second-order valence-corrected chi connectivity index (χ2v) is 12.0. The van der Waals surface area contributed by atoms with Crippen LogP contribution in [0, 0.1) is 13.8 Å². The van der Waals surface area contributed by atoms with Crippen LogP contribution in [0.2, 0.25) is 0 Å². The number of ether oxygens (including phenoxy) is 1. The molecule has 0 bridgehead atoms. The SMILES string of the molecule is COc1cccc(/C=C(\NC(=O)c2ccccc2)C(=O)Nc2cccc(SC(C(=O)Nc3ccc(C)cc3C)c3ccccc3)c2)c1. The van der Waals surface area contributed by atoms with Crippen molar-refractivity contribution in [1.82, 2.24) is 5.32 Å². The van der Waals surface area contributed by atoms with E-state index in [9.17, 15) is 14.4 Å². The average molecular weight is 642 g/mol. The number of methoxy groups -OCH3 is 1. The molecule has 5 aromatic rings. The fourth-order valence-corrected chi connectivity index (χ4v) is 5.96. The van der Waals surface area contributed by atoms with Gasteiger partial charge in [-0.3, -0.25) is 14.4 Å². The summed E-state index contributed by atoms with van der Waals surface area (Å²) >= 11 is 1.38. The van der Waals surface area contributed by atoms with Crippen molar-refractivity contribution in [2.75, 3.05) is 17.7 Å². The highest BCUT2D eigenvalue weighted by Gasteiger charge is 2.23. The first kappa shape index (κ1) is 32.8. The number of aryl methyl sites for hydroxylation is 2. The third-order valence-electron chi connectivity index (χ3n) is 7.26. The number of amides is 3. The van der Waals surface area contributed by atoms with Crippen molar-refractivity contribution in [3.05, 3.63) is 161 Å². The molecule has 0 spiro atoms. The molecule has 0 fully saturated rings. The average Bonchev–Trinajstić information content (AvgIpc) is 3.09. The molecule has 0 saturated carbocycles. The lowest BCUT2D eigenvalue weighted by atomic mass is 10.1. The fraction of sp³-hybridized carbons (Fsp3) is 0.103. The third kappa shape index (κ3) is 8.99. The van der Waals surface area contributed by atoms with Crippen molar-refractivity contribution in [1.29, 1.82) is 0 Å². The van der Waals surface area contributed by atoms with Gasteiger partial charge in [-0.2, -0.15) is 0 Å². The highest BCUT2D eigenvalue weighted by Crippen LogP contribution is 2.37. The normalized spacial score (nSPS) is 11.7. The number of hydrogen-bond donors (Lipinski definition) is 3. The smallest absolute Gasteiger partial charge is 0.272 e. The number of benzene rings is 5. The third-order valence-corrected chi connectivity index (χ3v) is 8.51. The molecule has 0 radical (unpaired) electrons. The molecule has 236 valence electrons. The van der Waals surface area contributed by atoms with Gasteiger partial charge >= 0.3 is 0 Å². The Balaban J connectivity index is 1.39. The van der Waals surface area contributed by atoms with E-state index < -0.39 is 17.1 Å². The zero-order valence-electron chi connectivity index (χ0n) is 26.3. The standard InChI is InChI=1S/C39H35N3O4S/c1-26-20-21-34(27(2)22-26)41-39(45)36(29-13-6-4-7-14-29)47-33-19-11-17-31(25-33)40-38(44)35(24-28-12-10-18-32(23-28)46-3)42-37(43)30-15-8-5-9-16-30/h4-25,36H,1-3H3,(H,40,44)(H,41,45)(H,42,43)/b35-24-. The van der Waals surface area contributed by atoms with Crippen LogP contribution in [-0.4, -0.2) is 24.8 Å². The predicted octanol–water partition coefficient (Wildman–Crippen LogP) is 8.19. The molecular weight excluding hydrogens is 607 g/mol. The molecule has 0 aliphatic carbocycles. The molecule has 0 aliphatic heterocycles. The maximum Gasteiger partial charge on any atom is 0.272 e. The molecule has 7 nitrogen and oxygen atoms in total. The number of rotatable bonds is 11. The van der Waals surface area contributed by atoms with Crippen LogP contribution in [0.5, 0.6) is 5.75 Å². The number of nitrogens with one attached hydrogen (secondary N) is 3. The van der Waals surface area contributed by atoms with E-state index in [0.717, 1.165) is 27.3 Å². The maximum absolute atomic E-state index is 13.7. The van der Waals surface area contributed by atoms with Crippen molar-refractivity contribution in [2.45, 2.75) is 24.0 Å². The summed E-state index contributed by atoms with van der Waals surface area (Å²) < 4.78 is 5.33. The molecule has 1 atom stereocenters. The van der Waals surface area contributed by atoms with Crippen LogP contribution in [0.25, 0.3) is 6.08 Å². The van der Waals surface area contributed by atoms with E-state index in [1.165, 1.54) is 11.8 Å². The monoisotopic (exact) mass is 641 g/mol. The number of thioether (sulfide) groups is 1. The van der Waals surface area contributed by atoms with E-state index in [4.69, 9.17) is 4.74 Å². The van der Waals surface area contributed by atoms with E-state index in [1.807, 2.05) is 92.7 Å². The van der Waals surface area contributed by atoms with Gasteiger partial charge < -0.3 is 20.7 Å². The summed E-state index contributed by atoms with van der Waals surface area (Å²) in [5.41, 5.74) is 5.37. The summed E-state index contributed by atoms with van der Waals surface area (Å²) in [4.78, 5) is 41.2. The second kappa shape index (κ2) is 15.6. The quantitative estimate of drug-likeness (QED) is 0.0998. The fourth-order valence-electron chi connectivity index (χ4n) is 4.87. The Morgan fingerprint density at radius 1 is 0.745 bits per heavy atom. The summed E-state index contributed by atoms with van der Waals surface area (Å²) in [6, 6.07) is 38.7. The zero-order valence-corrected chi connectivity index (χ0v) is 27.1. The van der Waals surface area contributed by atoms with Gasteiger partial charge in [-0.1, -0.05) is 84.4 Å². The summed E-state index contributed by atoms with van der Waals surface area (Å²) in [5, 5.41) is 8.22. The Kier molecular flexibility index (Phi) is 10.9. The van der Waals surface area contributed by atoms with Gasteiger partial charge in [0.25, 0.3) is 11.8 Å². The summed E-state index contributed by atoms with van der Waals surface area (Å²) in [5.74, 6) is -0.465. The van der Waals surface area contributed by atoms with E-state index in [1.54, 1.807) is 61.7 Å². The van der Waals surface area contributed by atoms with Gasteiger partial charge in [-0.05, 0) is 85.1 Å². The Labute approximate surface area is 279 Å². The minimum Gasteiger partial charge on any atom is -0.497 e. The van der Waals surface area contributed by atoms with Gasteiger partial charge in [0.1, 0.15) is 16.7 Å². The van der Waals surface area contributed by atoms with Crippen molar-refractivity contribution in [2.24, 2.45) is 0 Å². The van der Waals surface area contributed by atoms with E-state index in [0.29, 0.717) is 22.6 Å². The van der Waals surface area contributed by atoms with Crippen molar-refractivity contribution in [3.8, 4) is 5.75 Å². The zero-order chi connectivity index (χ0) is 33.2. The number of carbonyl (C=O) groups excluding carboxylic acids is 3. The van der Waals surface area contributed by atoms with E-state index in [-0.39, 0.29) is 11.6 Å². The minimum absolute atomic E-state index is 0.0557. The number of hydrogen-bond acceptors (Lipinski definition) is 5. The van der Waals surface area contributed by atoms with E-state index in [2.05, 4.69) is 16.0 Å². The van der Waals surface area contributed by atoms with Gasteiger partial charge in [0.2, 0.25) is 5.91 Å². The summed E-state index contributed by atoms with van der Waals surface area (Å²) in [6.45, 7) is 3.99. The minimum atomic E-state index is -0.559. The van der Waals surface area contributed by atoms with Gasteiger partial charge in [0.05, 0.1) is 7.11 Å². The molecule has 47 heavy (non-hydrogen) atoms. The van der Waals surface area contributed by atoms with Gasteiger partial charge in [-0.15, -0.1) is 11.8 Å². The van der Waals surface area contributed by atoms with Crippen LogP contribution in [0.1, 0.15) is 37.9 Å². The number of carbonyl (C=O) groups is 3. The van der Waals surface area contributed by atoms with Gasteiger partial charge in [-0.25, -0.2) is 0 Å². The Morgan fingerprint density at radius 2 is 1.47 bits per heavy atom. The highest BCUT2D eigenvalue weighted by molar-refractivity contribution is 8.00. The topological polar surface area (TPSA) is 96.5 Å². The first-order chi connectivity index (χ1) is 22.8. The molecule has 0 heterocycles. The van der Waals surface area contributed by atoms with Crippen LogP contribution in [0.4, 0.5) is 11.4 Å². The van der Waals surface area contributed by atoms with Gasteiger partial charge in [0.15, 0.2) is 0 Å². The highest BCUT2D eigenvalue weighted by atomic mass is 32.2. The van der Waals surface area contributed by atoms with Crippen LogP contribution in [-0.2, 0) is 9.59 Å². The molecule has 3 amide bonds. The lowest BCUT2D eigenvalue weighted by Gasteiger charge is -2.19. The van der Waals surface area contributed by atoms with E-state index >= 15 is 0 Å². The van der Waals surface area contributed by atoms with Crippen LogP contribution < -0.4 is 20.7 Å². The molecule has 5 aromatic carbocycles. The predicted molar refractivity (Wildman–Crippen MR) is 190 cm³/mol. The Bertz CT molecular complexity index is 1910. The summed E-state index contributed by atoms with van der Waals surface area (Å²) in [6.07, 6.45) is 1.60. The van der Waals surface area contributed by atoms with Crippen LogP contribution >= 0.6 is 11.8 Å². The molecule has 0 saturated heterocycles. The molecule has 5 rings (SSSR count). The second-order valence-electron chi connectivity index (χ2n) is 10.9. The Hall–Kier alpha value is -5.60. The largest absolute Gasteiger partial charge is 0.497 e. The van der Waals surface area contributed by atoms with Gasteiger partial charge in [0, 0.05) is 21.8 Å². The first-order valence-electron chi connectivity index (χ1n) is 15.0. The number of anilines is 2. The first-order valence-corrected chi connectivity index (χ1v) is 15.9. The molecular formula is C39H35N3O4S. The molecule has 8 heteroatoms. The van der Waals surface area contributed by atoms with Crippen molar-refractivity contribution < 1.29 is 19.1 Å². The van der Waals surface area contributed by atoms with Crippen molar-refractivity contribution in [3.63, 3.8) is 0 Å². The summed E-state index contributed by atoms with van der Waals surface area (Å²) in [7, 11) is 1.56. The lowest BCUT2D eigenvalue weighted by Crippen LogP contribution is -2.30. The molecule has 0 aliphatic rings. The van der Waals surface area contributed by atoms with Crippen molar-refractivity contribution >= 4 is 46.9 Å². The van der Waals surface area contributed by atoms with Crippen LogP contribution in [0.15, 0.2) is 138 Å².